The molecule has 3 aromatic rings. The second-order valence-electron chi connectivity index (χ2n) is 7.29. The van der Waals surface area contributed by atoms with Crippen molar-refractivity contribution in [2.45, 2.75) is 6.04 Å². The summed E-state index contributed by atoms with van der Waals surface area (Å²) < 4.78 is 20.9. The smallest absolute Gasteiger partial charge is 0.337 e. The number of anilines is 1. The minimum Gasteiger partial charge on any atom is -0.507 e. The Bertz CT molecular complexity index is 1290. The highest BCUT2D eigenvalue weighted by Crippen LogP contribution is 2.43. The number of carbonyl (C=O) groups excluding carboxylic acids is 3. The van der Waals surface area contributed by atoms with E-state index < -0.39 is 29.5 Å². The molecule has 1 saturated heterocycles. The number of Topliss-reactive ketones (excluding diaryl/α,β-unsaturated/α-hetero) is 1. The Balaban J connectivity index is 1.92. The number of hydrogen-bond donors (Lipinski definition) is 1. The van der Waals surface area contributed by atoms with E-state index in [9.17, 15) is 19.5 Å². The molecule has 1 aliphatic rings. The Kier molecular flexibility index (Phi) is 6.09. The zero-order valence-electron chi connectivity index (χ0n) is 18.6. The van der Waals surface area contributed by atoms with Gasteiger partial charge >= 0.3 is 5.97 Å². The van der Waals surface area contributed by atoms with Crippen LogP contribution in [-0.2, 0) is 14.3 Å². The quantitative estimate of drug-likeness (QED) is 0.255. The van der Waals surface area contributed by atoms with Gasteiger partial charge in [-0.15, -0.1) is 0 Å². The number of amides is 1. The minimum absolute atomic E-state index is 0.188. The zero-order valence-corrected chi connectivity index (χ0v) is 18.6. The standard InChI is InChI=1S/C25H21NO8/c1-31-16-9-10-17(19(13-16)32-2)22(27)20-21(18-8-5-11-34-18)26(24(29)23(20)28)15-7-4-6-14(12-15)25(30)33-3/h4-13,21,27H,1-3H3/b22-20-. The van der Waals surface area contributed by atoms with Crippen molar-refractivity contribution >= 4 is 29.1 Å². The van der Waals surface area contributed by atoms with E-state index in [0.717, 1.165) is 0 Å². The predicted molar refractivity (Wildman–Crippen MR) is 121 cm³/mol. The summed E-state index contributed by atoms with van der Waals surface area (Å²) in [6.07, 6.45) is 1.40. The maximum atomic E-state index is 13.2. The predicted octanol–water partition coefficient (Wildman–Crippen LogP) is 3.71. The molecule has 0 bridgehead atoms. The lowest BCUT2D eigenvalue weighted by Gasteiger charge is -2.24. The summed E-state index contributed by atoms with van der Waals surface area (Å²) in [5.74, 6) is -1.87. The van der Waals surface area contributed by atoms with Gasteiger partial charge in [-0.2, -0.15) is 0 Å². The van der Waals surface area contributed by atoms with E-state index in [0.29, 0.717) is 5.75 Å². The Morgan fingerprint density at radius 2 is 1.79 bits per heavy atom. The van der Waals surface area contributed by atoms with Crippen LogP contribution in [0.3, 0.4) is 0 Å². The van der Waals surface area contributed by atoms with Crippen molar-refractivity contribution in [1.29, 1.82) is 0 Å². The van der Waals surface area contributed by atoms with Gasteiger partial charge in [-0.1, -0.05) is 6.07 Å². The highest BCUT2D eigenvalue weighted by Gasteiger charge is 2.48. The lowest BCUT2D eigenvalue weighted by Crippen LogP contribution is -2.29. The molecule has 1 N–H and O–H groups in total. The summed E-state index contributed by atoms with van der Waals surface area (Å²) in [7, 11) is 4.14. The number of rotatable bonds is 6. The second kappa shape index (κ2) is 9.14. The van der Waals surface area contributed by atoms with Crippen molar-refractivity contribution in [2.75, 3.05) is 26.2 Å². The molecule has 1 fully saturated rings. The zero-order chi connectivity index (χ0) is 24.4. The van der Waals surface area contributed by atoms with Crippen LogP contribution in [0.1, 0.15) is 27.7 Å². The van der Waals surface area contributed by atoms with Crippen LogP contribution in [0.15, 0.2) is 70.9 Å². The van der Waals surface area contributed by atoms with Gasteiger partial charge < -0.3 is 23.7 Å². The van der Waals surface area contributed by atoms with Crippen molar-refractivity contribution in [2.24, 2.45) is 0 Å². The number of methoxy groups -OCH3 is 3. The number of benzene rings is 2. The van der Waals surface area contributed by atoms with E-state index in [1.54, 1.807) is 36.4 Å². The lowest BCUT2D eigenvalue weighted by molar-refractivity contribution is -0.132. The number of furan rings is 1. The summed E-state index contributed by atoms with van der Waals surface area (Å²) in [5.41, 5.74) is 0.456. The van der Waals surface area contributed by atoms with Crippen LogP contribution in [0.25, 0.3) is 5.76 Å². The number of aliphatic hydroxyl groups excluding tert-OH is 1. The molecule has 4 rings (SSSR count). The van der Waals surface area contributed by atoms with Gasteiger partial charge in [0, 0.05) is 11.8 Å². The number of esters is 1. The Labute approximate surface area is 194 Å². The molecule has 1 amide bonds. The molecule has 1 atom stereocenters. The molecule has 0 radical (unpaired) electrons. The highest BCUT2D eigenvalue weighted by atomic mass is 16.5. The molecule has 174 valence electrons. The third-order valence-corrected chi connectivity index (χ3v) is 5.47. The van der Waals surface area contributed by atoms with Crippen LogP contribution in [0.4, 0.5) is 5.69 Å². The first-order chi connectivity index (χ1) is 16.4. The van der Waals surface area contributed by atoms with Crippen LogP contribution < -0.4 is 14.4 Å². The molecule has 1 aromatic heterocycles. The van der Waals surface area contributed by atoms with Gasteiger partial charge in [-0.25, -0.2) is 4.79 Å². The SMILES string of the molecule is COC(=O)c1cccc(N2C(=O)C(=O)/C(=C(\O)c3ccc(OC)cc3OC)C2c2ccco2)c1. The molecule has 34 heavy (non-hydrogen) atoms. The maximum Gasteiger partial charge on any atom is 0.337 e. The number of carbonyl (C=O) groups is 3. The van der Waals surface area contributed by atoms with Crippen molar-refractivity contribution < 1.29 is 38.1 Å². The third kappa shape index (κ3) is 3.77. The molecule has 1 unspecified atom stereocenters. The van der Waals surface area contributed by atoms with Crippen molar-refractivity contribution in [3.8, 4) is 11.5 Å². The number of ether oxygens (including phenoxy) is 3. The summed E-state index contributed by atoms with van der Waals surface area (Å²) in [5, 5.41) is 11.2. The summed E-state index contributed by atoms with van der Waals surface area (Å²) >= 11 is 0. The van der Waals surface area contributed by atoms with Gasteiger partial charge in [-0.3, -0.25) is 14.5 Å². The molecular weight excluding hydrogens is 442 g/mol. The largest absolute Gasteiger partial charge is 0.507 e. The molecule has 2 aromatic carbocycles. The molecular formula is C25H21NO8. The van der Waals surface area contributed by atoms with Crippen LogP contribution in [-0.4, -0.2) is 44.1 Å². The Morgan fingerprint density at radius 3 is 2.44 bits per heavy atom. The molecule has 0 aliphatic carbocycles. The summed E-state index contributed by atoms with van der Waals surface area (Å²) in [4.78, 5) is 39.6. The topological polar surface area (TPSA) is 116 Å². The maximum absolute atomic E-state index is 13.2. The third-order valence-electron chi connectivity index (χ3n) is 5.47. The molecule has 1 aliphatic heterocycles. The first-order valence-electron chi connectivity index (χ1n) is 10.2. The van der Waals surface area contributed by atoms with Gasteiger partial charge in [0.2, 0.25) is 0 Å². The molecule has 9 heteroatoms. The fourth-order valence-corrected chi connectivity index (χ4v) is 3.85. The van der Waals surface area contributed by atoms with E-state index in [4.69, 9.17) is 18.6 Å². The summed E-state index contributed by atoms with van der Waals surface area (Å²) in [6.45, 7) is 0. The highest BCUT2D eigenvalue weighted by molar-refractivity contribution is 6.51. The van der Waals surface area contributed by atoms with Crippen LogP contribution in [0, 0.1) is 0 Å². The van der Waals surface area contributed by atoms with E-state index in [-0.39, 0.29) is 33.9 Å². The second-order valence-corrected chi connectivity index (χ2v) is 7.29. The fraction of sp³-hybridized carbons (Fsp3) is 0.160. The van der Waals surface area contributed by atoms with Crippen molar-refractivity contribution in [3.05, 3.63) is 83.3 Å². The number of aliphatic hydroxyl groups is 1. The van der Waals surface area contributed by atoms with Crippen LogP contribution >= 0.6 is 0 Å². The minimum atomic E-state index is -1.09. The van der Waals surface area contributed by atoms with Gasteiger partial charge in [0.05, 0.1) is 44.3 Å². The molecule has 9 nitrogen and oxygen atoms in total. The number of ketones is 1. The van der Waals surface area contributed by atoms with Crippen LogP contribution in [0.5, 0.6) is 11.5 Å². The first kappa shape index (κ1) is 22.7. The first-order valence-corrected chi connectivity index (χ1v) is 10.2. The monoisotopic (exact) mass is 463 g/mol. The van der Waals surface area contributed by atoms with E-state index >= 15 is 0 Å². The van der Waals surface area contributed by atoms with Gasteiger partial charge in [0.1, 0.15) is 29.1 Å². The lowest BCUT2D eigenvalue weighted by atomic mass is 9.98. The van der Waals surface area contributed by atoms with Gasteiger partial charge in [-0.05, 0) is 42.5 Å². The van der Waals surface area contributed by atoms with E-state index in [1.165, 1.54) is 50.7 Å². The molecule has 0 saturated carbocycles. The average Bonchev–Trinajstić information content (AvgIpc) is 3.49. The normalized spacial score (nSPS) is 17.0. The van der Waals surface area contributed by atoms with E-state index in [2.05, 4.69) is 0 Å². The van der Waals surface area contributed by atoms with Crippen molar-refractivity contribution in [1.82, 2.24) is 0 Å². The number of hydrogen-bond acceptors (Lipinski definition) is 8. The van der Waals surface area contributed by atoms with Gasteiger partial charge in [0.15, 0.2) is 0 Å². The van der Waals surface area contributed by atoms with Gasteiger partial charge in [0.25, 0.3) is 11.7 Å². The molecule has 0 spiro atoms. The Morgan fingerprint density at radius 1 is 1.00 bits per heavy atom. The fourth-order valence-electron chi connectivity index (χ4n) is 3.85. The van der Waals surface area contributed by atoms with Crippen molar-refractivity contribution in [3.63, 3.8) is 0 Å². The number of nitrogens with zero attached hydrogens (tertiary/aromatic N) is 1. The summed E-state index contributed by atoms with van der Waals surface area (Å²) in [6, 6.07) is 12.9. The average molecular weight is 463 g/mol. The molecule has 2 heterocycles. The van der Waals surface area contributed by atoms with E-state index in [1.807, 2.05) is 0 Å². The Hall–Kier alpha value is -4.53. The van der Waals surface area contributed by atoms with Crippen LogP contribution in [0.2, 0.25) is 0 Å².